The average molecular weight is 226 g/mol. The van der Waals surface area contributed by atoms with Crippen LogP contribution in [-0.4, -0.2) is 25.3 Å². The van der Waals surface area contributed by atoms with Gasteiger partial charge in [0.05, 0.1) is 6.10 Å². The van der Waals surface area contributed by atoms with E-state index in [1.807, 2.05) is 6.08 Å². The Bertz CT molecular complexity index is 240. The molecule has 0 N–H and O–H groups in total. The highest BCUT2D eigenvalue weighted by Gasteiger charge is 2.16. The molecular weight excluding hydrogens is 204 g/mol. The van der Waals surface area contributed by atoms with Crippen molar-refractivity contribution in [2.75, 3.05) is 13.2 Å². The molecule has 0 bridgehead atoms. The van der Waals surface area contributed by atoms with Crippen LogP contribution < -0.4 is 0 Å². The zero-order valence-corrected chi connectivity index (χ0v) is 10.3. The Balaban J connectivity index is 2.23. The van der Waals surface area contributed by atoms with Crippen LogP contribution >= 0.6 is 0 Å². The lowest BCUT2D eigenvalue weighted by Gasteiger charge is -2.22. The first-order chi connectivity index (χ1) is 7.74. The molecule has 1 saturated heterocycles. The molecular formula is C13H22O3. The van der Waals surface area contributed by atoms with Gasteiger partial charge in [0.1, 0.15) is 6.61 Å². The number of allylic oxidation sites excluding steroid dienone is 1. The Labute approximate surface area is 97.8 Å². The summed E-state index contributed by atoms with van der Waals surface area (Å²) in [5, 5.41) is 0. The van der Waals surface area contributed by atoms with Crippen molar-refractivity contribution in [2.24, 2.45) is 0 Å². The predicted molar refractivity (Wildman–Crippen MR) is 63.2 cm³/mol. The number of ether oxygens (including phenoxy) is 2. The fraction of sp³-hybridized carbons (Fsp3) is 0.769. The molecule has 0 aliphatic carbocycles. The van der Waals surface area contributed by atoms with Crippen LogP contribution in [0.1, 0.15) is 46.0 Å². The van der Waals surface area contributed by atoms with E-state index in [0.29, 0.717) is 12.2 Å². The Morgan fingerprint density at radius 2 is 2.31 bits per heavy atom. The smallest absolute Gasteiger partial charge is 0.333 e. The van der Waals surface area contributed by atoms with Crippen LogP contribution in [0.3, 0.4) is 0 Å². The van der Waals surface area contributed by atoms with Crippen LogP contribution in [-0.2, 0) is 14.3 Å². The molecule has 1 atom stereocenters. The van der Waals surface area contributed by atoms with Crippen LogP contribution in [0.4, 0.5) is 0 Å². The fourth-order valence-electron chi connectivity index (χ4n) is 1.67. The number of carbonyl (C=O) groups is 1. The molecule has 0 spiro atoms. The summed E-state index contributed by atoms with van der Waals surface area (Å²) in [6.07, 6.45) is 7.33. The van der Waals surface area contributed by atoms with Gasteiger partial charge in [0.2, 0.25) is 0 Å². The monoisotopic (exact) mass is 226 g/mol. The lowest BCUT2D eigenvalue weighted by atomic mass is 10.1. The third kappa shape index (κ3) is 4.79. The quantitative estimate of drug-likeness (QED) is 0.534. The predicted octanol–water partition coefficient (Wildman–Crippen LogP) is 2.85. The SMILES string of the molecule is CCC/C=C(/C)C(=O)OC[C@@H]1CCCCO1. The van der Waals surface area contributed by atoms with E-state index < -0.39 is 0 Å². The maximum Gasteiger partial charge on any atom is 0.333 e. The highest BCUT2D eigenvalue weighted by molar-refractivity contribution is 5.87. The average Bonchev–Trinajstić information content (AvgIpc) is 2.34. The van der Waals surface area contributed by atoms with E-state index in [0.717, 1.165) is 32.3 Å². The van der Waals surface area contributed by atoms with Gasteiger partial charge in [-0.1, -0.05) is 19.4 Å². The van der Waals surface area contributed by atoms with Gasteiger partial charge >= 0.3 is 5.97 Å². The molecule has 0 amide bonds. The summed E-state index contributed by atoms with van der Waals surface area (Å²) in [6, 6.07) is 0. The maximum atomic E-state index is 11.5. The Hall–Kier alpha value is -0.830. The summed E-state index contributed by atoms with van der Waals surface area (Å²) in [5.41, 5.74) is 0.706. The van der Waals surface area contributed by atoms with E-state index in [9.17, 15) is 4.79 Å². The first kappa shape index (κ1) is 13.2. The highest BCUT2D eigenvalue weighted by Crippen LogP contribution is 2.13. The standard InChI is InChI=1S/C13H22O3/c1-3-4-7-11(2)13(14)16-10-12-8-5-6-9-15-12/h7,12H,3-6,8-10H2,1-2H3/b11-7-/t12-/m0/s1. The van der Waals surface area contributed by atoms with Crippen molar-refractivity contribution in [3.05, 3.63) is 11.6 Å². The lowest BCUT2D eigenvalue weighted by molar-refractivity contribution is -0.144. The third-order valence-electron chi connectivity index (χ3n) is 2.74. The van der Waals surface area contributed by atoms with Crippen molar-refractivity contribution in [3.63, 3.8) is 0 Å². The van der Waals surface area contributed by atoms with Crippen molar-refractivity contribution in [1.29, 1.82) is 0 Å². The summed E-state index contributed by atoms with van der Waals surface area (Å²) in [4.78, 5) is 11.5. The second-order valence-corrected chi connectivity index (χ2v) is 4.26. The molecule has 0 aromatic rings. The highest BCUT2D eigenvalue weighted by atomic mass is 16.6. The normalized spacial score (nSPS) is 21.9. The molecule has 1 rings (SSSR count). The minimum atomic E-state index is -0.206. The van der Waals surface area contributed by atoms with Gasteiger partial charge in [-0.25, -0.2) is 4.79 Å². The first-order valence-corrected chi connectivity index (χ1v) is 6.19. The van der Waals surface area contributed by atoms with Gasteiger partial charge in [-0.2, -0.15) is 0 Å². The molecule has 0 aromatic carbocycles. The van der Waals surface area contributed by atoms with E-state index in [4.69, 9.17) is 9.47 Å². The van der Waals surface area contributed by atoms with Crippen LogP contribution in [0.5, 0.6) is 0 Å². The molecule has 3 heteroatoms. The molecule has 3 nitrogen and oxygen atoms in total. The molecule has 1 aliphatic rings. The summed E-state index contributed by atoms with van der Waals surface area (Å²) in [7, 11) is 0. The molecule has 92 valence electrons. The van der Waals surface area contributed by atoms with Crippen LogP contribution in [0.25, 0.3) is 0 Å². The Kier molecular flexibility index (Phi) is 6.16. The summed E-state index contributed by atoms with van der Waals surface area (Å²) < 4.78 is 10.7. The van der Waals surface area contributed by atoms with Crippen molar-refractivity contribution in [2.45, 2.75) is 52.1 Å². The van der Waals surface area contributed by atoms with E-state index in [1.54, 1.807) is 6.92 Å². The zero-order valence-electron chi connectivity index (χ0n) is 10.3. The largest absolute Gasteiger partial charge is 0.460 e. The molecule has 1 aliphatic heterocycles. The molecule has 1 fully saturated rings. The van der Waals surface area contributed by atoms with Gasteiger partial charge in [0.25, 0.3) is 0 Å². The molecule has 1 heterocycles. The van der Waals surface area contributed by atoms with Gasteiger partial charge in [-0.05, 0) is 32.6 Å². The molecule has 0 radical (unpaired) electrons. The van der Waals surface area contributed by atoms with Gasteiger partial charge < -0.3 is 9.47 Å². The van der Waals surface area contributed by atoms with Crippen molar-refractivity contribution < 1.29 is 14.3 Å². The first-order valence-electron chi connectivity index (χ1n) is 6.19. The maximum absolute atomic E-state index is 11.5. The second kappa shape index (κ2) is 7.44. The second-order valence-electron chi connectivity index (χ2n) is 4.26. The van der Waals surface area contributed by atoms with Crippen molar-refractivity contribution in [3.8, 4) is 0 Å². The van der Waals surface area contributed by atoms with Gasteiger partial charge in [0, 0.05) is 12.2 Å². The topological polar surface area (TPSA) is 35.5 Å². The number of hydrogen-bond donors (Lipinski definition) is 0. The number of esters is 1. The van der Waals surface area contributed by atoms with E-state index >= 15 is 0 Å². The Morgan fingerprint density at radius 3 is 2.94 bits per heavy atom. The van der Waals surface area contributed by atoms with Crippen molar-refractivity contribution >= 4 is 5.97 Å². The van der Waals surface area contributed by atoms with Crippen LogP contribution in [0, 0.1) is 0 Å². The Morgan fingerprint density at radius 1 is 1.50 bits per heavy atom. The molecule has 0 saturated carbocycles. The van der Waals surface area contributed by atoms with Gasteiger partial charge in [0.15, 0.2) is 0 Å². The van der Waals surface area contributed by atoms with Crippen LogP contribution in [0.15, 0.2) is 11.6 Å². The molecule has 0 unspecified atom stereocenters. The van der Waals surface area contributed by atoms with Gasteiger partial charge in [-0.15, -0.1) is 0 Å². The van der Waals surface area contributed by atoms with Gasteiger partial charge in [-0.3, -0.25) is 0 Å². The van der Waals surface area contributed by atoms with E-state index in [2.05, 4.69) is 6.92 Å². The van der Waals surface area contributed by atoms with Crippen LogP contribution in [0.2, 0.25) is 0 Å². The number of unbranched alkanes of at least 4 members (excludes halogenated alkanes) is 1. The summed E-state index contributed by atoms with van der Waals surface area (Å²) in [6.45, 7) is 5.09. The lowest BCUT2D eigenvalue weighted by Crippen LogP contribution is -2.26. The number of hydrogen-bond acceptors (Lipinski definition) is 3. The fourth-order valence-corrected chi connectivity index (χ4v) is 1.67. The number of rotatable bonds is 5. The summed E-state index contributed by atoms with van der Waals surface area (Å²) >= 11 is 0. The minimum Gasteiger partial charge on any atom is -0.460 e. The minimum absolute atomic E-state index is 0.108. The van der Waals surface area contributed by atoms with E-state index in [1.165, 1.54) is 6.42 Å². The van der Waals surface area contributed by atoms with E-state index in [-0.39, 0.29) is 12.1 Å². The summed E-state index contributed by atoms with van der Waals surface area (Å²) in [5.74, 6) is -0.206. The molecule has 16 heavy (non-hydrogen) atoms. The third-order valence-corrected chi connectivity index (χ3v) is 2.74. The zero-order chi connectivity index (χ0) is 11.8. The molecule has 0 aromatic heterocycles. The number of carbonyl (C=O) groups excluding carboxylic acids is 1. The van der Waals surface area contributed by atoms with Crippen molar-refractivity contribution in [1.82, 2.24) is 0 Å².